The zero-order valence-electron chi connectivity index (χ0n) is 12.2. The van der Waals surface area contributed by atoms with E-state index in [4.69, 9.17) is 0 Å². The van der Waals surface area contributed by atoms with Gasteiger partial charge in [0.25, 0.3) is 0 Å². The highest BCUT2D eigenvalue weighted by molar-refractivity contribution is 5.26. The van der Waals surface area contributed by atoms with Gasteiger partial charge < -0.3 is 5.32 Å². The van der Waals surface area contributed by atoms with E-state index in [0.29, 0.717) is 0 Å². The quantitative estimate of drug-likeness (QED) is 0.905. The van der Waals surface area contributed by atoms with Gasteiger partial charge in [-0.15, -0.1) is 0 Å². The first-order valence-electron chi connectivity index (χ1n) is 7.32. The molecule has 3 nitrogen and oxygen atoms in total. The summed E-state index contributed by atoms with van der Waals surface area (Å²) in [5, 5.41) is 3.54. The number of rotatable bonds is 5. The van der Waals surface area contributed by atoms with Crippen LogP contribution in [-0.2, 0) is 13.0 Å². The van der Waals surface area contributed by atoms with Crippen LogP contribution in [0.25, 0.3) is 0 Å². The van der Waals surface area contributed by atoms with E-state index in [2.05, 4.69) is 53.4 Å². The van der Waals surface area contributed by atoms with Crippen LogP contribution in [0, 0.1) is 13.8 Å². The van der Waals surface area contributed by atoms with Gasteiger partial charge >= 0.3 is 0 Å². The summed E-state index contributed by atoms with van der Waals surface area (Å²) >= 11 is 0. The Kier molecular flexibility index (Phi) is 3.79. The van der Waals surface area contributed by atoms with Crippen LogP contribution in [0.4, 0.5) is 0 Å². The van der Waals surface area contributed by atoms with E-state index in [-0.39, 0.29) is 0 Å². The van der Waals surface area contributed by atoms with Crippen molar-refractivity contribution in [3.63, 3.8) is 0 Å². The molecule has 1 aromatic carbocycles. The monoisotopic (exact) mass is 267 g/mol. The molecule has 0 unspecified atom stereocenters. The van der Waals surface area contributed by atoms with Crippen molar-refractivity contribution in [1.82, 2.24) is 15.3 Å². The number of hydrogen-bond donors (Lipinski definition) is 1. The molecule has 3 heteroatoms. The Labute approximate surface area is 120 Å². The molecule has 0 radical (unpaired) electrons. The van der Waals surface area contributed by atoms with Crippen molar-refractivity contribution in [2.24, 2.45) is 0 Å². The lowest BCUT2D eigenvalue weighted by Crippen LogP contribution is -2.18. The number of nitrogens with zero attached hydrogens (tertiary/aromatic N) is 2. The lowest BCUT2D eigenvalue weighted by molar-refractivity contribution is 0.672. The van der Waals surface area contributed by atoms with E-state index in [1.165, 1.54) is 24.0 Å². The first-order valence-corrected chi connectivity index (χ1v) is 7.32. The molecular weight excluding hydrogens is 246 g/mol. The number of aryl methyl sites for hydroxylation is 2. The number of hydrogen-bond acceptors (Lipinski definition) is 3. The van der Waals surface area contributed by atoms with Gasteiger partial charge in [-0.3, -0.25) is 0 Å². The Balaban J connectivity index is 1.76. The molecule has 1 saturated carbocycles. The van der Waals surface area contributed by atoms with Crippen molar-refractivity contribution >= 4 is 0 Å². The second kappa shape index (κ2) is 5.71. The van der Waals surface area contributed by atoms with Crippen molar-refractivity contribution in [3.05, 3.63) is 58.7 Å². The SMILES string of the molecule is Cc1nc(Cc2ccccc2)nc(C)c1CNC1CC1. The Morgan fingerprint density at radius 2 is 1.70 bits per heavy atom. The minimum absolute atomic E-state index is 0.720. The molecule has 1 aliphatic carbocycles. The number of aromatic nitrogens is 2. The summed E-state index contributed by atoms with van der Waals surface area (Å²) in [7, 11) is 0. The minimum atomic E-state index is 0.720. The summed E-state index contributed by atoms with van der Waals surface area (Å²) in [5.74, 6) is 0.918. The third-order valence-electron chi connectivity index (χ3n) is 3.82. The van der Waals surface area contributed by atoms with Gasteiger partial charge in [0.15, 0.2) is 0 Å². The average molecular weight is 267 g/mol. The van der Waals surface area contributed by atoms with Gasteiger partial charge in [-0.25, -0.2) is 9.97 Å². The normalized spacial score (nSPS) is 14.5. The van der Waals surface area contributed by atoms with Crippen molar-refractivity contribution < 1.29 is 0 Å². The maximum Gasteiger partial charge on any atom is 0.133 e. The van der Waals surface area contributed by atoms with Crippen LogP contribution in [0.3, 0.4) is 0 Å². The van der Waals surface area contributed by atoms with Gasteiger partial charge in [-0.1, -0.05) is 30.3 Å². The maximum absolute atomic E-state index is 4.68. The van der Waals surface area contributed by atoms with Crippen LogP contribution in [0.1, 0.15) is 41.2 Å². The van der Waals surface area contributed by atoms with Gasteiger partial charge in [-0.2, -0.15) is 0 Å². The molecule has 0 spiro atoms. The molecule has 0 bridgehead atoms. The summed E-state index contributed by atoms with van der Waals surface area (Å²) in [6, 6.07) is 11.1. The first kappa shape index (κ1) is 13.3. The highest BCUT2D eigenvalue weighted by atomic mass is 15.0. The summed E-state index contributed by atoms with van der Waals surface area (Å²) < 4.78 is 0. The summed E-state index contributed by atoms with van der Waals surface area (Å²) in [4.78, 5) is 9.35. The molecule has 0 amide bonds. The largest absolute Gasteiger partial charge is 0.310 e. The molecule has 1 fully saturated rings. The van der Waals surface area contributed by atoms with E-state index < -0.39 is 0 Å². The van der Waals surface area contributed by atoms with Gasteiger partial charge in [0.2, 0.25) is 0 Å². The van der Waals surface area contributed by atoms with Gasteiger partial charge in [0.05, 0.1) is 0 Å². The standard InChI is InChI=1S/C17H21N3/c1-12-16(11-18-15-8-9-15)13(2)20-17(19-12)10-14-6-4-3-5-7-14/h3-7,15,18H,8-11H2,1-2H3. The lowest BCUT2D eigenvalue weighted by atomic mass is 10.1. The molecule has 20 heavy (non-hydrogen) atoms. The summed E-state index contributed by atoms with van der Waals surface area (Å²) in [6.07, 6.45) is 3.43. The number of nitrogens with one attached hydrogen (secondary N) is 1. The molecule has 1 aliphatic rings. The van der Waals surface area contributed by atoms with E-state index in [1.54, 1.807) is 0 Å². The third kappa shape index (κ3) is 3.23. The fourth-order valence-corrected chi connectivity index (χ4v) is 2.46. The molecule has 0 atom stereocenters. The molecule has 1 heterocycles. The van der Waals surface area contributed by atoms with E-state index >= 15 is 0 Å². The van der Waals surface area contributed by atoms with Crippen LogP contribution >= 0.6 is 0 Å². The molecule has 2 aromatic rings. The van der Waals surface area contributed by atoms with Crippen LogP contribution in [0.15, 0.2) is 30.3 Å². The van der Waals surface area contributed by atoms with Crippen molar-refractivity contribution in [1.29, 1.82) is 0 Å². The van der Waals surface area contributed by atoms with Crippen molar-refractivity contribution in [3.8, 4) is 0 Å². The molecule has 1 N–H and O–H groups in total. The Morgan fingerprint density at radius 1 is 1.05 bits per heavy atom. The van der Waals surface area contributed by atoms with Gasteiger partial charge in [0.1, 0.15) is 5.82 Å². The highest BCUT2D eigenvalue weighted by Crippen LogP contribution is 2.20. The number of benzene rings is 1. The minimum Gasteiger partial charge on any atom is -0.310 e. The van der Waals surface area contributed by atoms with Crippen molar-refractivity contribution in [2.45, 2.75) is 45.7 Å². The first-order chi connectivity index (χ1) is 9.72. The van der Waals surface area contributed by atoms with E-state index in [0.717, 1.165) is 36.2 Å². The highest BCUT2D eigenvalue weighted by Gasteiger charge is 2.21. The molecule has 3 rings (SSSR count). The topological polar surface area (TPSA) is 37.8 Å². The van der Waals surface area contributed by atoms with Gasteiger partial charge in [0, 0.05) is 36.0 Å². The fourth-order valence-electron chi connectivity index (χ4n) is 2.46. The smallest absolute Gasteiger partial charge is 0.133 e. The van der Waals surface area contributed by atoms with Crippen LogP contribution in [0.2, 0.25) is 0 Å². The Bertz CT molecular complexity index is 565. The Morgan fingerprint density at radius 3 is 2.30 bits per heavy atom. The molecule has 1 aromatic heterocycles. The zero-order valence-corrected chi connectivity index (χ0v) is 12.2. The fraction of sp³-hybridized carbons (Fsp3) is 0.412. The van der Waals surface area contributed by atoms with E-state index in [1.807, 2.05) is 6.07 Å². The van der Waals surface area contributed by atoms with Crippen molar-refractivity contribution in [2.75, 3.05) is 0 Å². The van der Waals surface area contributed by atoms with E-state index in [9.17, 15) is 0 Å². The van der Waals surface area contributed by atoms with Crippen LogP contribution in [-0.4, -0.2) is 16.0 Å². The zero-order chi connectivity index (χ0) is 13.9. The Hall–Kier alpha value is -1.74. The van der Waals surface area contributed by atoms with Gasteiger partial charge in [-0.05, 0) is 32.3 Å². The predicted molar refractivity (Wildman–Crippen MR) is 80.6 cm³/mol. The average Bonchev–Trinajstić information content (AvgIpc) is 3.23. The molecule has 0 aliphatic heterocycles. The van der Waals surface area contributed by atoms with Crippen LogP contribution in [0.5, 0.6) is 0 Å². The maximum atomic E-state index is 4.68. The second-order valence-corrected chi connectivity index (χ2v) is 5.61. The third-order valence-corrected chi connectivity index (χ3v) is 3.82. The lowest BCUT2D eigenvalue weighted by Gasteiger charge is -2.11. The molecule has 0 saturated heterocycles. The molecular formula is C17H21N3. The second-order valence-electron chi connectivity index (χ2n) is 5.61. The summed E-state index contributed by atoms with van der Waals surface area (Å²) in [5.41, 5.74) is 4.73. The summed E-state index contributed by atoms with van der Waals surface area (Å²) in [6.45, 7) is 5.08. The van der Waals surface area contributed by atoms with Crippen LogP contribution < -0.4 is 5.32 Å². The predicted octanol–water partition coefficient (Wildman–Crippen LogP) is 2.94. The molecule has 104 valence electrons.